The number of nitrogen functional groups attached to an aromatic ring is 1. The third kappa shape index (κ3) is 3.36. The van der Waals surface area contributed by atoms with Gasteiger partial charge in [-0.05, 0) is 18.2 Å². The second kappa shape index (κ2) is 5.24. The maximum absolute atomic E-state index is 13.6. The minimum Gasteiger partial charge on any atom is -0.436 e. The van der Waals surface area contributed by atoms with Crippen LogP contribution in [0.2, 0.25) is 0 Å². The lowest BCUT2D eigenvalue weighted by atomic mass is 10.2. The largest absolute Gasteiger partial charge is 0.436 e. The molecule has 21 heavy (non-hydrogen) atoms. The predicted octanol–water partition coefficient (Wildman–Crippen LogP) is 2.88. The van der Waals surface area contributed by atoms with Gasteiger partial charge in [0.1, 0.15) is 0 Å². The van der Waals surface area contributed by atoms with E-state index in [1.807, 2.05) is 0 Å². The van der Waals surface area contributed by atoms with E-state index in [9.17, 15) is 17.6 Å². The van der Waals surface area contributed by atoms with Gasteiger partial charge in [-0.15, -0.1) is 0 Å². The second-order valence-corrected chi connectivity index (χ2v) is 3.81. The average Bonchev–Trinajstić information content (AvgIpc) is 2.39. The fourth-order valence-corrected chi connectivity index (χ4v) is 1.41. The molecule has 2 rings (SSSR count). The predicted molar refractivity (Wildman–Crippen MR) is 62.6 cm³/mol. The summed E-state index contributed by atoms with van der Waals surface area (Å²) in [6.45, 7) is 0. The molecule has 108 valence electrons. The van der Waals surface area contributed by atoms with Gasteiger partial charge in [0.15, 0.2) is 17.3 Å². The molecule has 0 aliphatic heterocycles. The van der Waals surface area contributed by atoms with E-state index in [4.69, 9.17) is 15.7 Å². The molecule has 0 spiro atoms. The number of rotatable bonds is 2. The summed E-state index contributed by atoms with van der Waals surface area (Å²) in [7, 11) is 0. The molecule has 9 heteroatoms. The minimum atomic E-state index is -4.74. The van der Waals surface area contributed by atoms with Crippen LogP contribution in [0.15, 0.2) is 24.3 Å². The average molecular weight is 298 g/mol. The van der Waals surface area contributed by atoms with Crippen LogP contribution in [0, 0.1) is 17.1 Å². The first-order valence-electron chi connectivity index (χ1n) is 5.39. The van der Waals surface area contributed by atoms with E-state index >= 15 is 0 Å². The van der Waals surface area contributed by atoms with Gasteiger partial charge in [-0.3, -0.25) is 0 Å². The Morgan fingerprint density at radius 1 is 1.19 bits per heavy atom. The minimum absolute atomic E-state index is 0.0398. The Morgan fingerprint density at radius 3 is 2.48 bits per heavy atom. The van der Waals surface area contributed by atoms with E-state index in [2.05, 4.69) is 9.97 Å². The molecule has 1 aromatic carbocycles. The molecule has 0 radical (unpaired) electrons. The van der Waals surface area contributed by atoms with E-state index in [-0.39, 0.29) is 11.3 Å². The van der Waals surface area contributed by atoms with Crippen LogP contribution in [0.1, 0.15) is 11.3 Å². The van der Waals surface area contributed by atoms with Gasteiger partial charge in [0, 0.05) is 6.07 Å². The summed E-state index contributed by atoms with van der Waals surface area (Å²) in [6.07, 6.45) is -4.74. The first kappa shape index (κ1) is 14.5. The number of nitrogens with zero attached hydrogens (tertiary/aromatic N) is 3. The van der Waals surface area contributed by atoms with Gasteiger partial charge < -0.3 is 10.5 Å². The van der Waals surface area contributed by atoms with Crippen molar-refractivity contribution in [1.29, 1.82) is 5.26 Å². The topological polar surface area (TPSA) is 84.8 Å². The van der Waals surface area contributed by atoms with Gasteiger partial charge in [0.05, 0.1) is 11.6 Å². The Hall–Kier alpha value is -2.89. The van der Waals surface area contributed by atoms with Crippen molar-refractivity contribution in [2.45, 2.75) is 6.18 Å². The maximum atomic E-state index is 13.6. The molecule has 0 atom stereocenters. The molecule has 0 fully saturated rings. The molecule has 0 saturated carbocycles. The van der Waals surface area contributed by atoms with Gasteiger partial charge in [-0.2, -0.15) is 23.4 Å². The molecule has 0 bridgehead atoms. The van der Waals surface area contributed by atoms with Crippen molar-refractivity contribution < 1.29 is 22.3 Å². The van der Waals surface area contributed by atoms with E-state index < -0.39 is 29.5 Å². The number of benzene rings is 1. The van der Waals surface area contributed by atoms with Crippen molar-refractivity contribution in [1.82, 2.24) is 9.97 Å². The van der Waals surface area contributed by atoms with Crippen molar-refractivity contribution in [3.63, 3.8) is 0 Å². The van der Waals surface area contributed by atoms with Crippen LogP contribution in [0.4, 0.5) is 23.5 Å². The number of nitrogens with two attached hydrogens (primary N) is 1. The lowest BCUT2D eigenvalue weighted by Gasteiger charge is -2.10. The van der Waals surface area contributed by atoms with Crippen LogP contribution >= 0.6 is 0 Å². The third-order valence-electron chi connectivity index (χ3n) is 2.29. The van der Waals surface area contributed by atoms with Crippen molar-refractivity contribution >= 4 is 5.95 Å². The number of hydrogen-bond acceptors (Lipinski definition) is 5. The molecule has 0 aliphatic rings. The molecule has 0 saturated heterocycles. The standard InChI is InChI=1S/C12H6F4N4O/c13-7-3-6(5-17)1-2-8(7)21-10-4-9(12(14,15)16)19-11(18)20-10/h1-4H,(H2,18,19,20). The van der Waals surface area contributed by atoms with Gasteiger partial charge in [0.25, 0.3) is 0 Å². The monoisotopic (exact) mass is 298 g/mol. The van der Waals surface area contributed by atoms with Gasteiger partial charge in [-0.25, -0.2) is 9.37 Å². The van der Waals surface area contributed by atoms with Gasteiger partial charge >= 0.3 is 6.18 Å². The highest BCUT2D eigenvalue weighted by Crippen LogP contribution is 2.31. The summed E-state index contributed by atoms with van der Waals surface area (Å²) < 4.78 is 56.2. The molecule has 5 nitrogen and oxygen atoms in total. The first-order valence-corrected chi connectivity index (χ1v) is 5.39. The highest BCUT2D eigenvalue weighted by atomic mass is 19.4. The number of hydrogen-bond donors (Lipinski definition) is 1. The van der Waals surface area contributed by atoms with Crippen LogP contribution in [0.25, 0.3) is 0 Å². The first-order chi connectivity index (χ1) is 9.79. The number of alkyl halides is 3. The van der Waals surface area contributed by atoms with E-state index in [1.165, 1.54) is 6.07 Å². The quantitative estimate of drug-likeness (QED) is 0.862. The van der Waals surface area contributed by atoms with E-state index in [0.29, 0.717) is 6.07 Å². The van der Waals surface area contributed by atoms with E-state index in [0.717, 1.165) is 12.1 Å². The highest BCUT2D eigenvalue weighted by Gasteiger charge is 2.34. The Bertz CT molecular complexity index is 724. The van der Waals surface area contributed by atoms with Crippen molar-refractivity contribution in [3.8, 4) is 17.7 Å². The number of nitriles is 1. The molecule has 1 heterocycles. The molecular formula is C12H6F4N4O. The molecule has 2 aromatic rings. The van der Waals surface area contributed by atoms with Crippen LogP contribution in [-0.2, 0) is 6.18 Å². The summed E-state index contributed by atoms with van der Waals surface area (Å²) in [6, 6.07) is 5.42. The summed E-state index contributed by atoms with van der Waals surface area (Å²) in [5.41, 5.74) is 3.89. The number of halogens is 4. The molecule has 0 aliphatic carbocycles. The maximum Gasteiger partial charge on any atom is 0.433 e. The number of anilines is 1. The highest BCUT2D eigenvalue weighted by molar-refractivity contribution is 5.38. The zero-order chi connectivity index (χ0) is 15.6. The number of ether oxygens (including phenoxy) is 1. The smallest absolute Gasteiger partial charge is 0.433 e. The van der Waals surface area contributed by atoms with Crippen LogP contribution in [-0.4, -0.2) is 9.97 Å². The van der Waals surface area contributed by atoms with Crippen molar-refractivity contribution in [2.75, 3.05) is 5.73 Å². The van der Waals surface area contributed by atoms with Crippen molar-refractivity contribution in [2.24, 2.45) is 0 Å². The Morgan fingerprint density at radius 2 is 1.90 bits per heavy atom. The van der Waals surface area contributed by atoms with Crippen LogP contribution < -0.4 is 10.5 Å². The Balaban J connectivity index is 2.36. The number of aromatic nitrogens is 2. The summed E-state index contributed by atoms with van der Waals surface area (Å²) in [5, 5.41) is 8.59. The second-order valence-electron chi connectivity index (χ2n) is 3.81. The fourth-order valence-electron chi connectivity index (χ4n) is 1.41. The zero-order valence-corrected chi connectivity index (χ0v) is 10.1. The fraction of sp³-hybridized carbons (Fsp3) is 0.0833. The van der Waals surface area contributed by atoms with Crippen LogP contribution in [0.5, 0.6) is 11.6 Å². The lowest BCUT2D eigenvalue weighted by molar-refractivity contribution is -0.141. The Labute approximate surface area is 115 Å². The van der Waals surface area contributed by atoms with Gasteiger partial charge in [0.2, 0.25) is 11.8 Å². The summed E-state index contributed by atoms with van der Waals surface area (Å²) >= 11 is 0. The molecular weight excluding hydrogens is 292 g/mol. The summed E-state index contributed by atoms with van der Waals surface area (Å²) in [5.74, 6) is -2.52. The van der Waals surface area contributed by atoms with Crippen molar-refractivity contribution in [3.05, 3.63) is 41.3 Å². The van der Waals surface area contributed by atoms with Crippen LogP contribution in [0.3, 0.4) is 0 Å². The third-order valence-corrected chi connectivity index (χ3v) is 2.29. The molecule has 0 unspecified atom stereocenters. The van der Waals surface area contributed by atoms with Gasteiger partial charge in [-0.1, -0.05) is 0 Å². The summed E-state index contributed by atoms with van der Waals surface area (Å²) in [4.78, 5) is 6.46. The van der Waals surface area contributed by atoms with E-state index in [1.54, 1.807) is 6.07 Å². The Kier molecular flexibility index (Phi) is 3.62. The SMILES string of the molecule is N#Cc1ccc(Oc2cc(C(F)(F)F)nc(N)n2)c(F)c1. The molecule has 0 amide bonds. The molecule has 2 N–H and O–H groups in total. The molecule has 1 aromatic heterocycles. The normalized spacial score (nSPS) is 11.0. The lowest BCUT2D eigenvalue weighted by Crippen LogP contribution is -2.11. The zero-order valence-electron chi connectivity index (χ0n) is 10.1.